The van der Waals surface area contributed by atoms with Crippen molar-refractivity contribution >= 4 is 11.9 Å². The van der Waals surface area contributed by atoms with E-state index in [1.807, 2.05) is 25.7 Å². The lowest BCUT2D eigenvalue weighted by Gasteiger charge is -2.21. The number of carbonyl (C=O) groups is 2. The van der Waals surface area contributed by atoms with Gasteiger partial charge in [-0.25, -0.2) is 0 Å². The number of hydrogen-bond acceptors (Lipinski definition) is 3. The molecule has 0 saturated carbocycles. The molecule has 1 aliphatic rings. The minimum absolute atomic E-state index is 0.0615. The van der Waals surface area contributed by atoms with Crippen LogP contribution in [0.3, 0.4) is 0 Å². The number of likely N-dealkylation sites (tertiary alicyclic amines) is 1. The average molecular weight is 255 g/mol. The maximum Gasteiger partial charge on any atom is 0.306 e. The summed E-state index contributed by atoms with van der Waals surface area (Å²) in [6, 6.07) is 0. The molecule has 0 unspecified atom stereocenters. The molecule has 4 nitrogen and oxygen atoms in total. The van der Waals surface area contributed by atoms with Crippen molar-refractivity contribution in [2.75, 3.05) is 13.1 Å². The van der Waals surface area contributed by atoms with Crippen molar-refractivity contribution in [2.24, 2.45) is 5.41 Å². The molecule has 4 heteroatoms. The zero-order valence-electron chi connectivity index (χ0n) is 12.2. The van der Waals surface area contributed by atoms with Gasteiger partial charge >= 0.3 is 5.97 Å². The summed E-state index contributed by atoms with van der Waals surface area (Å²) in [6.07, 6.45) is 1.46. The van der Waals surface area contributed by atoms with E-state index in [9.17, 15) is 9.59 Å². The Kier molecular flexibility index (Phi) is 4.41. The number of ether oxygens (including phenoxy) is 1. The second-order valence-electron chi connectivity index (χ2n) is 6.82. The van der Waals surface area contributed by atoms with Gasteiger partial charge in [0.05, 0.1) is 6.42 Å². The van der Waals surface area contributed by atoms with Gasteiger partial charge in [0, 0.05) is 19.5 Å². The van der Waals surface area contributed by atoms with Crippen LogP contribution in [0.5, 0.6) is 0 Å². The highest BCUT2D eigenvalue weighted by molar-refractivity contribution is 5.81. The minimum Gasteiger partial charge on any atom is -0.460 e. The van der Waals surface area contributed by atoms with Gasteiger partial charge in [-0.3, -0.25) is 9.59 Å². The molecule has 0 aromatic rings. The van der Waals surface area contributed by atoms with E-state index in [1.54, 1.807) is 0 Å². The maximum atomic E-state index is 11.9. The summed E-state index contributed by atoms with van der Waals surface area (Å²) in [4.78, 5) is 25.3. The summed E-state index contributed by atoms with van der Waals surface area (Å²) in [5.74, 6) is -0.235. The molecule has 104 valence electrons. The van der Waals surface area contributed by atoms with E-state index in [0.717, 1.165) is 19.5 Å². The van der Waals surface area contributed by atoms with E-state index in [0.29, 0.717) is 0 Å². The van der Waals surface area contributed by atoms with E-state index in [1.165, 1.54) is 0 Å². The fourth-order valence-electron chi connectivity index (χ4n) is 2.08. The Balaban J connectivity index is 2.32. The topological polar surface area (TPSA) is 46.6 Å². The molecule has 0 atom stereocenters. The van der Waals surface area contributed by atoms with Crippen LogP contribution in [0.25, 0.3) is 0 Å². The van der Waals surface area contributed by atoms with Crippen LogP contribution < -0.4 is 0 Å². The minimum atomic E-state index is -0.476. The number of hydrogen-bond donors (Lipinski definition) is 0. The van der Waals surface area contributed by atoms with Gasteiger partial charge in [0.15, 0.2) is 0 Å². The molecule has 1 aliphatic heterocycles. The van der Waals surface area contributed by atoms with Gasteiger partial charge < -0.3 is 9.64 Å². The Morgan fingerprint density at radius 1 is 1.22 bits per heavy atom. The Bertz CT molecular complexity index is 328. The lowest BCUT2D eigenvalue weighted by Crippen LogP contribution is -2.31. The maximum absolute atomic E-state index is 11.9. The van der Waals surface area contributed by atoms with Gasteiger partial charge in [0.25, 0.3) is 0 Å². The van der Waals surface area contributed by atoms with E-state index >= 15 is 0 Å². The number of carbonyl (C=O) groups excluding carboxylic acids is 2. The highest BCUT2D eigenvalue weighted by Gasteiger charge is 2.32. The third kappa shape index (κ3) is 5.07. The summed E-state index contributed by atoms with van der Waals surface area (Å²) in [5, 5.41) is 0. The van der Waals surface area contributed by atoms with E-state index in [2.05, 4.69) is 13.8 Å². The Hall–Kier alpha value is -1.06. The van der Waals surface area contributed by atoms with Crippen LogP contribution in [0.2, 0.25) is 0 Å². The predicted molar refractivity (Wildman–Crippen MR) is 70.1 cm³/mol. The Morgan fingerprint density at radius 3 is 2.28 bits per heavy atom. The lowest BCUT2D eigenvalue weighted by atomic mass is 9.93. The molecule has 0 N–H and O–H groups in total. The molecule has 1 saturated heterocycles. The summed E-state index contributed by atoms with van der Waals surface area (Å²) in [6.45, 7) is 11.4. The summed E-state index contributed by atoms with van der Waals surface area (Å²) >= 11 is 0. The monoisotopic (exact) mass is 255 g/mol. The van der Waals surface area contributed by atoms with E-state index in [-0.39, 0.29) is 30.1 Å². The second kappa shape index (κ2) is 5.29. The van der Waals surface area contributed by atoms with Crippen molar-refractivity contribution in [1.29, 1.82) is 0 Å². The number of esters is 1. The first-order valence-corrected chi connectivity index (χ1v) is 6.59. The third-order valence-corrected chi connectivity index (χ3v) is 2.99. The smallest absolute Gasteiger partial charge is 0.306 e. The van der Waals surface area contributed by atoms with Crippen LogP contribution >= 0.6 is 0 Å². The highest BCUT2D eigenvalue weighted by Crippen LogP contribution is 2.29. The van der Waals surface area contributed by atoms with Crippen LogP contribution in [-0.4, -0.2) is 35.5 Å². The lowest BCUT2D eigenvalue weighted by molar-refractivity contribution is -0.156. The van der Waals surface area contributed by atoms with Crippen molar-refractivity contribution in [1.82, 2.24) is 4.90 Å². The first-order chi connectivity index (χ1) is 8.09. The molecule has 1 amide bonds. The summed E-state index contributed by atoms with van der Waals surface area (Å²) in [5.41, 5.74) is -0.267. The molecule has 0 aromatic heterocycles. The first-order valence-electron chi connectivity index (χ1n) is 6.59. The second-order valence-corrected chi connectivity index (χ2v) is 6.82. The average Bonchev–Trinajstić information content (AvgIpc) is 2.52. The standard InChI is InChI=1S/C14H25NO3/c1-13(2,3)18-12(17)7-6-11(16)15-9-8-14(4,5)10-15/h6-10H2,1-5H3. The quantitative estimate of drug-likeness (QED) is 0.727. The SMILES string of the molecule is CC1(C)CCN(C(=O)CCC(=O)OC(C)(C)C)C1. The zero-order valence-corrected chi connectivity index (χ0v) is 12.2. The molecule has 0 radical (unpaired) electrons. The normalized spacial score (nSPS) is 18.8. The fraction of sp³-hybridized carbons (Fsp3) is 0.857. The summed E-state index contributed by atoms with van der Waals surface area (Å²) in [7, 11) is 0. The zero-order chi connectivity index (χ0) is 14.0. The van der Waals surface area contributed by atoms with Crippen molar-refractivity contribution in [3.63, 3.8) is 0 Å². The Morgan fingerprint density at radius 2 is 1.83 bits per heavy atom. The molecule has 1 fully saturated rings. The van der Waals surface area contributed by atoms with Gasteiger partial charge in [-0.2, -0.15) is 0 Å². The van der Waals surface area contributed by atoms with Gasteiger partial charge in [-0.1, -0.05) is 13.8 Å². The van der Waals surface area contributed by atoms with Crippen molar-refractivity contribution in [2.45, 2.75) is 59.5 Å². The van der Waals surface area contributed by atoms with Gasteiger partial charge in [0.2, 0.25) is 5.91 Å². The Labute approximate surface area is 110 Å². The van der Waals surface area contributed by atoms with Crippen LogP contribution in [0.4, 0.5) is 0 Å². The summed E-state index contributed by atoms with van der Waals surface area (Å²) < 4.78 is 5.18. The molecule has 18 heavy (non-hydrogen) atoms. The van der Waals surface area contributed by atoms with Crippen molar-refractivity contribution in [3.8, 4) is 0 Å². The molecule has 0 spiro atoms. The number of rotatable bonds is 3. The van der Waals surface area contributed by atoms with E-state index in [4.69, 9.17) is 4.74 Å². The number of amides is 1. The van der Waals surface area contributed by atoms with E-state index < -0.39 is 5.60 Å². The van der Waals surface area contributed by atoms with Crippen LogP contribution in [0, 0.1) is 5.41 Å². The van der Waals surface area contributed by atoms with Gasteiger partial charge in [-0.15, -0.1) is 0 Å². The molecule has 0 aromatic carbocycles. The van der Waals surface area contributed by atoms with Crippen LogP contribution in [0.1, 0.15) is 53.9 Å². The van der Waals surface area contributed by atoms with Crippen LogP contribution in [-0.2, 0) is 14.3 Å². The van der Waals surface area contributed by atoms with Gasteiger partial charge in [0.1, 0.15) is 5.60 Å². The van der Waals surface area contributed by atoms with Gasteiger partial charge in [-0.05, 0) is 32.6 Å². The molecule has 0 aliphatic carbocycles. The largest absolute Gasteiger partial charge is 0.460 e. The highest BCUT2D eigenvalue weighted by atomic mass is 16.6. The molecular formula is C14H25NO3. The first kappa shape index (κ1) is 15.0. The molecule has 1 rings (SSSR count). The molecule has 0 bridgehead atoms. The van der Waals surface area contributed by atoms with Crippen molar-refractivity contribution in [3.05, 3.63) is 0 Å². The third-order valence-electron chi connectivity index (χ3n) is 2.99. The fourth-order valence-corrected chi connectivity index (χ4v) is 2.08. The van der Waals surface area contributed by atoms with Crippen molar-refractivity contribution < 1.29 is 14.3 Å². The number of nitrogens with zero attached hydrogens (tertiary/aromatic N) is 1. The predicted octanol–water partition coefficient (Wildman–Crippen LogP) is 2.37. The molecule has 1 heterocycles. The van der Waals surface area contributed by atoms with Crippen LogP contribution in [0.15, 0.2) is 0 Å². The molecular weight excluding hydrogens is 230 g/mol.